The Hall–Kier alpha value is -0.950. The van der Waals surface area contributed by atoms with E-state index in [-0.39, 0.29) is 40.1 Å². The molecule has 3 nitrogen and oxygen atoms in total. The van der Waals surface area contributed by atoms with Crippen molar-refractivity contribution < 1.29 is 18.4 Å². The maximum atomic E-state index is 13.9. The molecule has 1 unspecified atom stereocenters. The van der Waals surface area contributed by atoms with E-state index in [1.807, 2.05) is 0 Å². The number of anilines is 1. The topological polar surface area (TPSA) is 37.4 Å². The number of amides is 1. The number of halogens is 3. The van der Waals surface area contributed by atoms with E-state index in [1.165, 1.54) is 6.92 Å². The lowest BCUT2D eigenvalue weighted by Gasteiger charge is -2.18. The molecule has 2 rings (SSSR count). The molecular weight excluding hydrogens is 352 g/mol. The summed E-state index contributed by atoms with van der Waals surface area (Å²) in [5.41, 5.74) is -0.312. The minimum absolute atomic E-state index is 0.0306. The van der Waals surface area contributed by atoms with Crippen LogP contribution >= 0.6 is 27.7 Å². The molecule has 1 aliphatic rings. The van der Waals surface area contributed by atoms with Gasteiger partial charge in [0.05, 0.1) is 0 Å². The van der Waals surface area contributed by atoms with Crippen molar-refractivity contribution in [1.29, 1.82) is 0 Å². The summed E-state index contributed by atoms with van der Waals surface area (Å²) in [5.74, 6) is -1.45. The Labute approximate surface area is 127 Å². The number of nitrogens with zero attached hydrogens (tertiary/aromatic N) is 1. The van der Waals surface area contributed by atoms with Gasteiger partial charge in [-0.3, -0.25) is 9.59 Å². The fourth-order valence-electron chi connectivity index (χ4n) is 2.14. The Bertz CT molecular complexity index is 544. The number of benzene rings is 1. The first-order chi connectivity index (χ1) is 9.38. The number of rotatable bonds is 3. The van der Waals surface area contributed by atoms with Crippen LogP contribution in [0, 0.1) is 17.6 Å². The first-order valence-electron chi connectivity index (χ1n) is 5.96. The van der Waals surface area contributed by atoms with E-state index >= 15 is 0 Å². The normalized spacial score (nSPS) is 18.7. The molecule has 7 heteroatoms. The fraction of sp³-hybridized carbons (Fsp3) is 0.385. The van der Waals surface area contributed by atoms with Crippen LogP contribution in [-0.2, 0) is 9.59 Å². The third-order valence-corrected chi connectivity index (χ3v) is 4.48. The SMILES string of the molecule is CC(=O)SCC1CC(=O)N(c2c(F)cc(Br)cc2F)C1. The highest BCUT2D eigenvalue weighted by atomic mass is 79.9. The average Bonchev–Trinajstić information content (AvgIpc) is 2.67. The molecule has 0 spiro atoms. The lowest BCUT2D eigenvalue weighted by atomic mass is 10.1. The van der Waals surface area contributed by atoms with E-state index in [9.17, 15) is 18.4 Å². The molecule has 0 radical (unpaired) electrons. The highest BCUT2D eigenvalue weighted by Gasteiger charge is 2.34. The summed E-state index contributed by atoms with van der Waals surface area (Å²) in [6, 6.07) is 2.26. The van der Waals surface area contributed by atoms with Crippen LogP contribution in [0.5, 0.6) is 0 Å². The first kappa shape index (κ1) is 15.4. The van der Waals surface area contributed by atoms with Crippen molar-refractivity contribution >= 4 is 44.4 Å². The average molecular weight is 364 g/mol. The molecule has 108 valence electrons. The van der Waals surface area contributed by atoms with E-state index in [0.717, 1.165) is 28.8 Å². The maximum Gasteiger partial charge on any atom is 0.227 e. The second-order valence-corrected chi connectivity index (χ2v) is 6.71. The molecular formula is C13H12BrF2NO2S. The first-order valence-corrected chi connectivity index (χ1v) is 7.74. The van der Waals surface area contributed by atoms with Gasteiger partial charge in [-0.05, 0) is 18.1 Å². The van der Waals surface area contributed by atoms with Gasteiger partial charge in [0.25, 0.3) is 0 Å². The highest BCUT2D eigenvalue weighted by molar-refractivity contribution is 9.10. The second-order valence-electron chi connectivity index (χ2n) is 4.60. The summed E-state index contributed by atoms with van der Waals surface area (Å²) < 4.78 is 28.0. The zero-order valence-corrected chi connectivity index (χ0v) is 13.1. The minimum atomic E-state index is -0.773. The molecule has 0 saturated carbocycles. The van der Waals surface area contributed by atoms with Crippen LogP contribution in [0.25, 0.3) is 0 Å². The number of hydrogen-bond acceptors (Lipinski definition) is 3. The predicted molar refractivity (Wildman–Crippen MR) is 77.7 cm³/mol. The van der Waals surface area contributed by atoms with Crippen LogP contribution in [0.3, 0.4) is 0 Å². The third kappa shape index (κ3) is 3.38. The van der Waals surface area contributed by atoms with Gasteiger partial charge in [0.2, 0.25) is 5.91 Å². The van der Waals surface area contributed by atoms with E-state index < -0.39 is 11.6 Å². The summed E-state index contributed by atoms with van der Waals surface area (Å²) in [6.07, 6.45) is 0.204. The lowest BCUT2D eigenvalue weighted by Crippen LogP contribution is -2.27. The van der Waals surface area contributed by atoms with Crippen molar-refractivity contribution in [1.82, 2.24) is 0 Å². The fourth-order valence-corrected chi connectivity index (χ4v) is 3.23. The Balaban J connectivity index is 2.18. The van der Waals surface area contributed by atoms with Crippen molar-refractivity contribution in [3.8, 4) is 0 Å². The number of carbonyl (C=O) groups excluding carboxylic acids is 2. The predicted octanol–water partition coefficient (Wildman–Crippen LogP) is 3.36. The van der Waals surface area contributed by atoms with Gasteiger partial charge >= 0.3 is 0 Å². The van der Waals surface area contributed by atoms with Crippen LogP contribution in [0.4, 0.5) is 14.5 Å². The van der Waals surface area contributed by atoms with Gasteiger partial charge in [0.15, 0.2) is 16.7 Å². The van der Waals surface area contributed by atoms with Crippen LogP contribution in [0.2, 0.25) is 0 Å². The molecule has 1 saturated heterocycles. The summed E-state index contributed by atoms with van der Waals surface area (Å²) in [4.78, 5) is 24.0. The van der Waals surface area contributed by atoms with E-state index in [1.54, 1.807) is 0 Å². The monoisotopic (exact) mass is 363 g/mol. The van der Waals surface area contributed by atoms with E-state index in [2.05, 4.69) is 15.9 Å². The summed E-state index contributed by atoms with van der Waals surface area (Å²) >= 11 is 4.13. The van der Waals surface area contributed by atoms with Crippen molar-refractivity contribution in [2.24, 2.45) is 5.92 Å². The van der Waals surface area contributed by atoms with Crippen molar-refractivity contribution in [3.63, 3.8) is 0 Å². The molecule has 1 aromatic rings. The lowest BCUT2D eigenvalue weighted by molar-refractivity contribution is -0.117. The van der Waals surface area contributed by atoms with Crippen LogP contribution < -0.4 is 4.90 Å². The van der Waals surface area contributed by atoms with Crippen molar-refractivity contribution in [3.05, 3.63) is 28.2 Å². The Morgan fingerprint density at radius 1 is 1.45 bits per heavy atom. The molecule has 0 aromatic heterocycles. The van der Waals surface area contributed by atoms with Gasteiger partial charge in [0.1, 0.15) is 5.69 Å². The molecule has 1 heterocycles. The van der Waals surface area contributed by atoms with Gasteiger partial charge in [-0.2, -0.15) is 0 Å². The van der Waals surface area contributed by atoms with Crippen LogP contribution in [0.1, 0.15) is 13.3 Å². The molecule has 1 fully saturated rings. The third-order valence-electron chi connectivity index (χ3n) is 2.98. The maximum absolute atomic E-state index is 13.9. The number of hydrogen-bond donors (Lipinski definition) is 0. The van der Waals surface area contributed by atoms with Gasteiger partial charge in [-0.1, -0.05) is 27.7 Å². The summed E-state index contributed by atoms with van der Waals surface area (Å²) in [5, 5.41) is -0.0306. The quantitative estimate of drug-likeness (QED) is 0.826. The van der Waals surface area contributed by atoms with Crippen molar-refractivity contribution in [2.45, 2.75) is 13.3 Å². The number of thioether (sulfide) groups is 1. The Morgan fingerprint density at radius 3 is 2.60 bits per heavy atom. The Morgan fingerprint density at radius 2 is 2.05 bits per heavy atom. The minimum Gasteiger partial charge on any atom is -0.307 e. The molecule has 1 aromatic carbocycles. The highest BCUT2D eigenvalue weighted by Crippen LogP contribution is 2.33. The summed E-state index contributed by atoms with van der Waals surface area (Å²) in [7, 11) is 0. The van der Waals surface area contributed by atoms with Gasteiger partial charge in [0, 0.05) is 30.1 Å². The smallest absolute Gasteiger partial charge is 0.227 e. The second kappa shape index (κ2) is 6.22. The van der Waals surface area contributed by atoms with Gasteiger partial charge in [-0.25, -0.2) is 8.78 Å². The molecule has 0 aliphatic carbocycles. The number of carbonyl (C=O) groups is 2. The standard InChI is InChI=1S/C13H12BrF2NO2S/c1-7(18)20-6-8-2-12(19)17(5-8)13-10(15)3-9(14)4-11(13)16/h3-4,8H,2,5-6H2,1H3. The Kier molecular flexibility index (Phi) is 4.80. The zero-order valence-electron chi connectivity index (χ0n) is 10.7. The van der Waals surface area contributed by atoms with Gasteiger partial charge < -0.3 is 4.90 Å². The summed E-state index contributed by atoms with van der Waals surface area (Å²) in [6.45, 7) is 1.68. The van der Waals surface area contributed by atoms with E-state index in [4.69, 9.17) is 0 Å². The van der Waals surface area contributed by atoms with E-state index in [0.29, 0.717) is 5.75 Å². The van der Waals surface area contributed by atoms with Gasteiger partial charge in [-0.15, -0.1) is 0 Å². The van der Waals surface area contributed by atoms with Crippen molar-refractivity contribution in [2.75, 3.05) is 17.2 Å². The molecule has 1 atom stereocenters. The molecule has 1 amide bonds. The van der Waals surface area contributed by atoms with Crippen LogP contribution in [0.15, 0.2) is 16.6 Å². The molecule has 1 aliphatic heterocycles. The molecule has 0 bridgehead atoms. The zero-order chi connectivity index (χ0) is 14.9. The molecule has 20 heavy (non-hydrogen) atoms. The molecule has 0 N–H and O–H groups in total. The van der Waals surface area contributed by atoms with Crippen LogP contribution in [-0.4, -0.2) is 23.3 Å². The largest absolute Gasteiger partial charge is 0.307 e.